The number of ether oxygens (including phenoxy) is 1. The van der Waals surface area contributed by atoms with E-state index in [4.69, 9.17) is 27.9 Å². The number of hydrogen-bond acceptors (Lipinski definition) is 3. The van der Waals surface area contributed by atoms with Crippen molar-refractivity contribution in [3.05, 3.63) is 74.9 Å². The maximum absolute atomic E-state index is 13.0. The quantitative estimate of drug-likeness (QED) is 0.705. The second-order valence-electron chi connectivity index (χ2n) is 6.43. The molecule has 2 aromatic carbocycles. The monoisotopic (exact) mass is 387 g/mol. The average Bonchev–Trinajstić information content (AvgIpc) is 2.96. The lowest BCUT2D eigenvalue weighted by molar-refractivity contribution is -0.136. The van der Waals surface area contributed by atoms with E-state index >= 15 is 0 Å². The lowest BCUT2D eigenvalue weighted by Crippen LogP contribution is -2.37. The van der Waals surface area contributed by atoms with E-state index in [0.29, 0.717) is 26.9 Å². The van der Waals surface area contributed by atoms with Crippen molar-refractivity contribution in [2.45, 2.75) is 19.3 Å². The van der Waals surface area contributed by atoms with Gasteiger partial charge >= 0.3 is 5.97 Å². The normalized spacial score (nSPS) is 19.7. The van der Waals surface area contributed by atoms with E-state index in [1.54, 1.807) is 23.1 Å². The first kappa shape index (κ1) is 17.1. The molecule has 2 aliphatic rings. The molecule has 1 atom stereocenters. The summed E-state index contributed by atoms with van der Waals surface area (Å²) in [5, 5.41) is 0.941. The molecule has 0 unspecified atom stereocenters. The minimum absolute atomic E-state index is 0.0789. The summed E-state index contributed by atoms with van der Waals surface area (Å²) in [4.78, 5) is 27.0. The molecule has 26 heavy (non-hydrogen) atoms. The number of aryl methyl sites for hydroxylation is 1. The maximum atomic E-state index is 13.0. The predicted octanol–water partition coefficient (Wildman–Crippen LogP) is 4.63. The minimum Gasteiger partial charge on any atom is -0.456 e. The van der Waals surface area contributed by atoms with Gasteiger partial charge in [-0.2, -0.15) is 0 Å². The highest BCUT2D eigenvalue weighted by molar-refractivity contribution is 6.35. The van der Waals surface area contributed by atoms with Gasteiger partial charge in [0.2, 0.25) is 5.91 Å². The molecule has 0 saturated heterocycles. The highest BCUT2D eigenvalue weighted by atomic mass is 35.5. The molecular formula is C20H15Cl2NO3. The molecule has 0 aromatic heterocycles. The zero-order valence-corrected chi connectivity index (χ0v) is 15.5. The van der Waals surface area contributed by atoms with E-state index in [1.165, 1.54) is 0 Å². The number of rotatable bonds is 2. The number of benzene rings is 2. The third kappa shape index (κ3) is 2.79. The Kier molecular flexibility index (Phi) is 4.25. The van der Waals surface area contributed by atoms with E-state index in [1.807, 2.05) is 31.2 Å². The van der Waals surface area contributed by atoms with Crippen molar-refractivity contribution in [3.8, 4) is 0 Å². The molecule has 0 aliphatic carbocycles. The second kappa shape index (κ2) is 6.45. The summed E-state index contributed by atoms with van der Waals surface area (Å²) < 4.78 is 5.27. The van der Waals surface area contributed by atoms with Crippen LogP contribution in [-0.2, 0) is 14.3 Å². The van der Waals surface area contributed by atoms with Gasteiger partial charge in [0.25, 0.3) is 0 Å². The Bertz CT molecular complexity index is 967. The van der Waals surface area contributed by atoms with Gasteiger partial charge in [0.05, 0.1) is 11.3 Å². The number of carbonyl (C=O) groups is 2. The Morgan fingerprint density at radius 2 is 1.92 bits per heavy atom. The smallest absolute Gasteiger partial charge is 0.336 e. The zero-order valence-electron chi connectivity index (χ0n) is 14.0. The van der Waals surface area contributed by atoms with Gasteiger partial charge in [0.15, 0.2) is 0 Å². The predicted molar refractivity (Wildman–Crippen MR) is 100 cm³/mol. The first-order valence-electron chi connectivity index (χ1n) is 8.20. The first-order valence-corrected chi connectivity index (χ1v) is 8.96. The summed E-state index contributed by atoms with van der Waals surface area (Å²) >= 11 is 12.3. The fourth-order valence-electron chi connectivity index (χ4n) is 3.57. The molecule has 6 heteroatoms. The Hall–Kier alpha value is -2.30. The van der Waals surface area contributed by atoms with E-state index in [-0.39, 0.29) is 18.9 Å². The van der Waals surface area contributed by atoms with Gasteiger partial charge in [-0.05, 0) is 42.3 Å². The number of anilines is 1. The molecule has 4 rings (SSSR count). The van der Waals surface area contributed by atoms with Crippen LogP contribution in [0.1, 0.15) is 23.5 Å². The van der Waals surface area contributed by atoms with E-state index in [9.17, 15) is 9.59 Å². The standard InChI is InChI=1S/C20H15Cl2NO3/c1-11-3-2-4-13(7-11)23-17-10-26-20(25)19(17)15(9-18(23)24)14-6-5-12(21)8-16(14)22/h2-8,15H,9-10H2,1H3/t15-/m1/s1. The van der Waals surface area contributed by atoms with Crippen molar-refractivity contribution in [2.24, 2.45) is 0 Å². The molecule has 2 heterocycles. The number of esters is 1. The molecule has 0 bridgehead atoms. The fraction of sp³-hybridized carbons (Fsp3) is 0.200. The van der Waals surface area contributed by atoms with Gasteiger partial charge in [-0.15, -0.1) is 0 Å². The number of cyclic esters (lactones) is 1. The number of nitrogens with zero attached hydrogens (tertiary/aromatic N) is 1. The molecular weight excluding hydrogens is 373 g/mol. The SMILES string of the molecule is Cc1cccc(N2C(=O)C[C@H](c3ccc(Cl)cc3Cl)C3=C2COC3=O)c1. The van der Waals surface area contributed by atoms with Gasteiger partial charge in [-0.3, -0.25) is 9.69 Å². The highest BCUT2D eigenvalue weighted by Gasteiger charge is 2.43. The molecule has 1 amide bonds. The summed E-state index contributed by atoms with van der Waals surface area (Å²) in [7, 11) is 0. The van der Waals surface area contributed by atoms with Crippen LogP contribution in [0.5, 0.6) is 0 Å². The third-order valence-electron chi connectivity index (χ3n) is 4.72. The Balaban J connectivity index is 1.85. The van der Waals surface area contributed by atoms with Crippen molar-refractivity contribution in [3.63, 3.8) is 0 Å². The van der Waals surface area contributed by atoms with Crippen LogP contribution < -0.4 is 4.90 Å². The van der Waals surface area contributed by atoms with Crippen LogP contribution in [-0.4, -0.2) is 18.5 Å². The first-order chi connectivity index (χ1) is 12.5. The van der Waals surface area contributed by atoms with Crippen LogP contribution in [0.4, 0.5) is 5.69 Å². The van der Waals surface area contributed by atoms with E-state index in [2.05, 4.69) is 0 Å². The summed E-state index contributed by atoms with van der Waals surface area (Å²) in [5.74, 6) is -0.928. The molecule has 4 nitrogen and oxygen atoms in total. The third-order valence-corrected chi connectivity index (χ3v) is 5.28. The highest BCUT2D eigenvalue weighted by Crippen LogP contribution is 2.44. The average molecular weight is 388 g/mol. The van der Waals surface area contributed by atoms with Gasteiger partial charge in [-0.25, -0.2) is 4.79 Å². The lowest BCUT2D eigenvalue weighted by Gasteiger charge is -2.32. The number of amides is 1. The van der Waals surface area contributed by atoms with E-state index < -0.39 is 11.9 Å². The van der Waals surface area contributed by atoms with Crippen molar-refractivity contribution in [1.29, 1.82) is 0 Å². The lowest BCUT2D eigenvalue weighted by atomic mass is 9.84. The van der Waals surface area contributed by atoms with Gasteiger partial charge in [-0.1, -0.05) is 41.4 Å². The van der Waals surface area contributed by atoms with E-state index in [0.717, 1.165) is 11.3 Å². The molecule has 2 aromatic rings. The van der Waals surface area contributed by atoms with Crippen molar-refractivity contribution >= 4 is 40.8 Å². The van der Waals surface area contributed by atoms with Crippen LogP contribution in [0.15, 0.2) is 53.7 Å². The minimum atomic E-state index is -0.432. The molecule has 0 radical (unpaired) electrons. The fourth-order valence-corrected chi connectivity index (χ4v) is 4.11. The number of carbonyl (C=O) groups excluding carboxylic acids is 2. The Morgan fingerprint density at radius 1 is 1.12 bits per heavy atom. The number of hydrogen-bond donors (Lipinski definition) is 0. The van der Waals surface area contributed by atoms with Crippen LogP contribution >= 0.6 is 23.2 Å². The summed E-state index contributed by atoms with van der Waals surface area (Å²) in [6.07, 6.45) is 0.142. The van der Waals surface area contributed by atoms with Gasteiger partial charge < -0.3 is 4.74 Å². The topological polar surface area (TPSA) is 46.6 Å². The molecule has 132 valence electrons. The molecule has 0 spiro atoms. The van der Waals surface area contributed by atoms with Crippen molar-refractivity contribution in [2.75, 3.05) is 11.5 Å². The van der Waals surface area contributed by atoms with Crippen molar-refractivity contribution in [1.82, 2.24) is 0 Å². The van der Waals surface area contributed by atoms with Crippen LogP contribution in [0.3, 0.4) is 0 Å². The van der Waals surface area contributed by atoms with Crippen molar-refractivity contribution < 1.29 is 14.3 Å². The molecule has 0 fully saturated rings. The zero-order chi connectivity index (χ0) is 18.4. The van der Waals surface area contributed by atoms with Crippen LogP contribution in [0.2, 0.25) is 10.0 Å². The van der Waals surface area contributed by atoms with Gasteiger partial charge in [0.1, 0.15) is 6.61 Å². The summed E-state index contributed by atoms with van der Waals surface area (Å²) in [6.45, 7) is 2.04. The molecule has 0 N–H and O–H groups in total. The summed E-state index contributed by atoms with van der Waals surface area (Å²) in [6, 6.07) is 12.7. The molecule has 0 saturated carbocycles. The van der Waals surface area contributed by atoms with Crippen LogP contribution in [0, 0.1) is 6.92 Å². The maximum Gasteiger partial charge on any atom is 0.336 e. The van der Waals surface area contributed by atoms with Crippen LogP contribution in [0.25, 0.3) is 0 Å². The van der Waals surface area contributed by atoms with Gasteiger partial charge in [0, 0.05) is 28.1 Å². The second-order valence-corrected chi connectivity index (χ2v) is 7.27. The Labute approximate surface area is 161 Å². The number of halogens is 2. The summed E-state index contributed by atoms with van der Waals surface area (Å²) in [5.41, 5.74) is 3.56. The largest absolute Gasteiger partial charge is 0.456 e. The molecule has 2 aliphatic heterocycles. The Morgan fingerprint density at radius 3 is 2.65 bits per heavy atom.